The van der Waals surface area contributed by atoms with E-state index in [1.807, 2.05) is 20.9 Å². The highest BCUT2D eigenvalue weighted by molar-refractivity contribution is 5.93. The molecule has 2 aromatic heterocycles. The maximum Gasteiger partial charge on any atom is 0.271 e. The van der Waals surface area contributed by atoms with Crippen molar-refractivity contribution < 1.29 is 9.90 Å². The van der Waals surface area contributed by atoms with Gasteiger partial charge in [-0.2, -0.15) is 10.2 Å². The summed E-state index contributed by atoms with van der Waals surface area (Å²) in [6, 6.07) is 1.76. The Labute approximate surface area is 136 Å². The van der Waals surface area contributed by atoms with Crippen molar-refractivity contribution in [2.45, 2.75) is 33.6 Å². The van der Waals surface area contributed by atoms with Crippen molar-refractivity contribution in [2.24, 2.45) is 7.05 Å². The average Bonchev–Trinajstić information content (AvgIpc) is 3.08. The molecule has 0 aromatic carbocycles. The summed E-state index contributed by atoms with van der Waals surface area (Å²) in [6.45, 7) is 6.90. The quantitative estimate of drug-likeness (QED) is 0.812. The van der Waals surface area contributed by atoms with E-state index in [1.165, 1.54) is 0 Å². The Morgan fingerprint density at radius 1 is 1.39 bits per heavy atom. The Balaban J connectivity index is 2.25. The third-order valence-electron chi connectivity index (χ3n) is 4.01. The van der Waals surface area contributed by atoms with Gasteiger partial charge in [-0.25, -0.2) is 0 Å². The van der Waals surface area contributed by atoms with Gasteiger partial charge in [0.05, 0.1) is 18.0 Å². The monoisotopic (exact) mass is 319 g/mol. The van der Waals surface area contributed by atoms with Crippen LogP contribution in [0.3, 0.4) is 0 Å². The van der Waals surface area contributed by atoms with Gasteiger partial charge >= 0.3 is 0 Å². The molecule has 2 N–H and O–H groups in total. The first-order chi connectivity index (χ1) is 11.0. The zero-order valence-corrected chi connectivity index (χ0v) is 14.3. The van der Waals surface area contributed by atoms with Gasteiger partial charge in [0.25, 0.3) is 5.91 Å². The van der Waals surface area contributed by atoms with Gasteiger partial charge in [0.15, 0.2) is 0 Å². The summed E-state index contributed by atoms with van der Waals surface area (Å²) >= 11 is 0. The molecule has 23 heavy (non-hydrogen) atoms. The number of H-pyrrole nitrogens is 1. The second-order valence-corrected chi connectivity index (χ2v) is 5.71. The first kappa shape index (κ1) is 17.2. The summed E-state index contributed by atoms with van der Waals surface area (Å²) < 4.78 is 1.81. The number of aromatic amines is 1. The lowest BCUT2D eigenvalue weighted by Crippen LogP contribution is -2.34. The molecule has 0 radical (unpaired) electrons. The Hall–Kier alpha value is -2.15. The highest BCUT2D eigenvalue weighted by Crippen LogP contribution is 2.25. The van der Waals surface area contributed by atoms with Crippen molar-refractivity contribution in [3.8, 4) is 11.3 Å². The highest BCUT2D eigenvalue weighted by Gasteiger charge is 2.20. The van der Waals surface area contributed by atoms with Gasteiger partial charge < -0.3 is 10.0 Å². The van der Waals surface area contributed by atoms with Crippen LogP contribution in [0.2, 0.25) is 0 Å². The number of nitrogens with one attached hydrogen (secondary N) is 1. The van der Waals surface area contributed by atoms with E-state index in [4.69, 9.17) is 5.11 Å². The zero-order chi connectivity index (χ0) is 17.0. The predicted octanol–water partition coefficient (Wildman–Crippen LogP) is 1.66. The predicted molar refractivity (Wildman–Crippen MR) is 88.2 cm³/mol. The molecule has 0 aliphatic heterocycles. The second-order valence-electron chi connectivity index (χ2n) is 5.71. The standard InChI is InChI=1S/C16H25N5O2/c1-5-6-7-21(8-9-22)16(23)14-10-13(17-18-14)15-11(2)19-20(4)12(15)3/h10,22H,5-9H2,1-4H3,(H,17,18). The molecule has 7 heteroatoms. The van der Waals surface area contributed by atoms with Gasteiger partial charge in [-0.1, -0.05) is 13.3 Å². The lowest BCUT2D eigenvalue weighted by Gasteiger charge is -2.20. The lowest BCUT2D eigenvalue weighted by molar-refractivity contribution is 0.0713. The van der Waals surface area contributed by atoms with Crippen LogP contribution in [0.25, 0.3) is 11.3 Å². The first-order valence-corrected chi connectivity index (χ1v) is 7.95. The normalized spacial score (nSPS) is 11.0. The number of hydrogen-bond donors (Lipinski definition) is 2. The third-order valence-corrected chi connectivity index (χ3v) is 4.01. The Morgan fingerprint density at radius 3 is 2.70 bits per heavy atom. The molecule has 2 aromatic rings. The molecule has 0 spiro atoms. The Bertz CT molecular complexity index is 674. The van der Waals surface area contributed by atoms with Crippen molar-refractivity contribution in [1.82, 2.24) is 24.9 Å². The van der Waals surface area contributed by atoms with Crippen molar-refractivity contribution in [2.75, 3.05) is 19.7 Å². The number of carbonyl (C=O) groups is 1. The number of nitrogens with zero attached hydrogens (tertiary/aromatic N) is 4. The SMILES string of the molecule is CCCCN(CCO)C(=O)c1cc(-c2c(C)nn(C)c2C)n[nH]1. The molecular formula is C16H25N5O2. The van der Waals surface area contributed by atoms with Gasteiger partial charge in [0.1, 0.15) is 5.69 Å². The minimum Gasteiger partial charge on any atom is -0.395 e. The maximum absolute atomic E-state index is 12.6. The van der Waals surface area contributed by atoms with E-state index in [1.54, 1.807) is 15.6 Å². The van der Waals surface area contributed by atoms with Crippen LogP contribution >= 0.6 is 0 Å². The smallest absolute Gasteiger partial charge is 0.271 e. The van der Waals surface area contributed by atoms with E-state index >= 15 is 0 Å². The fourth-order valence-electron chi connectivity index (χ4n) is 2.66. The minimum atomic E-state index is -0.134. The third kappa shape index (κ3) is 3.61. The maximum atomic E-state index is 12.6. The molecule has 0 unspecified atom stereocenters. The lowest BCUT2D eigenvalue weighted by atomic mass is 10.1. The number of amides is 1. The van der Waals surface area contributed by atoms with Crippen LogP contribution in [0.15, 0.2) is 6.07 Å². The fourth-order valence-corrected chi connectivity index (χ4v) is 2.66. The molecule has 0 saturated carbocycles. The molecule has 0 saturated heterocycles. The number of aryl methyl sites for hydroxylation is 2. The number of aliphatic hydroxyl groups is 1. The molecular weight excluding hydrogens is 294 g/mol. The topological polar surface area (TPSA) is 87.0 Å². The van der Waals surface area contributed by atoms with E-state index in [0.717, 1.165) is 35.5 Å². The van der Waals surface area contributed by atoms with Crippen molar-refractivity contribution in [3.05, 3.63) is 23.1 Å². The summed E-state index contributed by atoms with van der Waals surface area (Å²) in [5.74, 6) is -0.134. The van der Waals surface area contributed by atoms with Crippen molar-refractivity contribution in [1.29, 1.82) is 0 Å². The fraction of sp³-hybridized carbons (Fsp3) is 0.562. The first-order valence-electron chi connectivity index (χ1n) is 7.95. The minimum absolute atomic E-state index is 0.0444. The van der Waals surface area contributed by atoms with Crippen LogP contribution in [0.5, 0.6) is 0 Å². The van der Waals surface area contributed by atoms with Crippen LogP contribution < -0.4 is 0 Å². The largest absolute Gasteiger partial charge is 0.395 e. The van der Waals surface area contributed by atoms with Crippen LogP contribution in [-0.4, -0.2) is 55.6 Å². The highest BCUT2D eigenvalue weighted by atomic mass is 16.3. The summed E-state index contributed by atoms with van der Waals surface area (Å²) in [7, 11) is 1.89. The number of aliphatic hydroxyl groups excluding tert-OH is 1. The van der Waals surface area contributed by atoms with Crippen LogP contribution in [0, 0.1) is 13.8 Å². The molecule has 1 amide bonds. The summed E-state index contributed by atoms with van der Waals surface area (Å²) in [4.78, 5) is 14.2. The molecule has 0 bridgehead atoms. The molecule has 0 fully saturated rings. The van der Waals surface area contributed by atoms with Crippen LogP contribution in [0.1, 0.15) is 41.6 Å². The van der Waals surface area contributed by atoms with Crippen LogP contribution in [-0.2, 0) is 7.05 Å². The van der Waals surface area contributed by atoms with Gasteiger partial charge in [-0.05, 0) is 26.3 Å². The second kappa shape index (κ2) is 7.41. The van der Waals surface area contributed by atoms with E-state index < -0.39 is 0 Å². The van der Waals surface area contributed by atoms with Crippen molar-refractivity contribution in [3.63, 3.8) is 0 Å². The average molecular weight is 319 g/mol. The number of hydrogen-bond acceptors (Lipinski definition) is 4. The summed E-state index contributed by atoms with van der Waals surface area (Å²) in [5.41, 5.74) is 3.99. The Morgan fingerprint density at radius 2 is 2.13 bits per heavy atom. The molecule has 7 nitrogen and oxygen atoms in total. The number of carbonyl (C=O) groups excluding carboxylic acids is 1. The van der Waals surface area contributed by atoms with E-state index in [2.05, 4.69) is 22.2 Å². The Kier molecular flexibility index (Phi) is 5.54. The van der Waals surface area contributed by atoms with E-state index in [0.29, 0.717) is 18.8 Å². The van der Waals surface area contributed by atoms with Gasteiger partial charge in [-0.3, -0.25) is 14.6 Å². The molecule has 2 heterocycles. The zero-order valence-electron chi connectivity index (χ0n) is 14.3. The molecule has 0 aliphatic carbocycles. The van der Waals surface area contributed by atoms with Gasteiger partial charge in [-0.15, -0.1) is 0 Å². The molecule has 2 rings (SSSR count). The number of rotatable bonds is 7. The summed E-state index contributed by atoms with van der Waals surface area (Å²) in [6.07, 6.45) is 1.91. The number of unbranched alkanes of at least 4 members (excludes halogenated alkanes) is 1. The van der Waals surface area contributed by atoms with Crippen LogP contribution in [0.4, 0.5) is 0 Å². The van der Waals surface area contributed by atoms with Gasteiger partial charge in [0, 0.05) is 31.4 Å². The van der Waals surface area contributed by atoms with Gasteiger partial charge in [0.2, 0.25) is 0 Å². The molecule has 0 atom stereocenters. The molecule has 0 aliphatic rings. The molecule has 126 valence electrons. The van der Waals surface area contributed by atoms with Crippen molar-refractivity contribution >= 4 is 5.91 Å². The summed E-state index contributed by atoms with van der Waals surface area (Å²) in [5, 5.41) is 20.6. The van der Waals surface area contributed by atoms with E-state index in [9.17, 15) is 4.79 Å². The van der Waals surface area contributed by atoms with E-state index in [-0.39, 0.29) is 12.5 Å². The number of aromatic nitrogens is 4.